The molecule has 0 fully saturated rings. The van der Waals surface area contributed by atoms with Gasteiger partial charge in [-0.2, -0.15) is 4.98 Å². The highest BCUT2D eigenvalue weighted by Crippen LogP contribution is 2.34. The van der Waals surface area contributed by atoms with Gasteiger partial charge in [0.05, 0.1) is 4.47 Å². The summed E-state index contributed by atoms with van der Waals surface area (Å²) in [5, 5.41) is 2.21. The molecule has 0 aliphatic heterocycles. The number of benzene rings is 2. The Balaban J connectivity index is 2.04. The van der Waals surface area contributed by atoms with Crippen LogP contribution >= 0.6 is 15.9 Å². The molecule has 2 aromatic carbocycles. The predicted octanol–water partition coefficient (Wildman–Crippen LogP) is 3.77. The van der Waals surface area contributed by atoms with Gasteiger partial charge >= 0.3 is 6.01 Å². The van der Waals surface area contributed by atoms with Gasteiger partial charge in [0.2, 0.25) is 0 Å². The van der Waals surface area contributed by atoms with E-state index in [1.165, 1.54) is 0 Å². The third-order valence-corrected chi connectivity index (χ3v) is 3.50. The maximum Gasteiger partial charge on any atom is 0.323 e. The van der Waals surface area contributed by atoms with Crippen LogP contribution in [-0.2, 0) is 0 Å². The summed E-state index contributed by atoms with van der Waals surface area (Å²) in [4.78, 5) is 8.04. The van der Waals surface area contributed by atoms with Gasteiger partial charge in [-0.25, -0.2) is 4.98 Å². The average molecular weight is 316 g/mol. The molecule has 0 radical (unpaired) electrons. The fraction of sp³-hybridized carbons (Fsp3) is 0. The summed E-state index contributed by atoms with van der Waals surface area (Å²) in [7, 11) is 0. The van der Waals surface area contributed by atoms with E-state index in [2.05, 4.69) is 25.9 Å². The Bertz CT molecular complexity index is 746. The highest BCUT2D eigenvalue weighted by molar-refractivity contribution is 9.10. The van der Waals surface area contributed by atoms with Gasteiger partial charge in [-0.1, -0.05) is 30.3 Å². The summed E-state index contributed by atoms with van der Waals surface area (Å²) in [5.41, 5.74) is 5.60. The Morgan fingerprint density at radius 3 is 2.74 bits per heavy atom. The van der Waals surface area contributed by atoms with Gasteiger partial charge < -0.3 is 10.5 Å². The minimum absolute atomic E-state index is 0.232. The Morgan fingerprint density at radius 2 is 1.89 bits per heavy atom. The summed E-state index contributed by atoms with van der Waals surface area (Å²) >= 11 is 3.55. The van der Waals surface area contributed by atoms with Crippen LogP contribution in [0.1, 0.15) is 0 Å². The standard InChI is InChI=1S/C14H10BrN3O/c15-13-10-4-2-1-3-9(10)5-6-11(13)19-14-17-8-7-12(16)18-14/h1-8H,(H2,16,17,18). The minimum atomic E-state index is 0.232. The molecule has 4 nitrogen and oxygen atoms in total. The van der Waals surface area contributed by atoms with Crippen LogP contribution in [-0.4, -0.2) is 9.97 Å². The lowest BCUT2D eigenvalue weighted by molar-refractivity contribution is 0.441. The first-order chi connectivity index (χ1) is 9.24. The Hall–Kier alpha value is -2.14. The number of fused-ring (bicyclic) bond motifs is 1. The van der Waals surface area contributed by atoms with Gasteiger partial charge in [-0.15, -0.1) is 0 Å². The molecule has 0 amide bonds. The number of ether oxygens (including phenoxy) is 1. The van der Waals surface area contributed by atoms with Crippen molar-refractivity contribution >= 4 is 32.5 Å². The van der Waals surface area contributed by atoms with E-state index in [0.717, 1.165) is 15.2 Å². The monoisotopic (exact) mass is 315 g/mol. The van der Waals surface area contributed by atoms with Gasteiger partial charge in [0.15, 0.2) is 0 Å². The molecular weight excluding hydrogens is 306 g/mol. The summed E-state index contributed by atoms with van der Waals surface area (Å²) in [5.74, 6) is 1.03. The van der Waals surface area contributed by atoms with Crippen molar-refractivity contribution in [2.24, 2.45) is 0 Å². The lowest BCUT2D eigenvalue weighted by Crippen LogP contribution is -1.96. The summed E-state index contributed by atoms with van der Waals surface area (Å²) in [6.07, 6.45) is 1.56. The second-order valence-corrected chi connectivity index (χ2v) is 4.76. The summed E-state index contributed by atoms with van der Waals surface area (Å²) in [6.45, 7) is 0. The number of aromatic nitrogens is 2. The fourth-order valence-corrected chi connectivity index (χ4v) is 2.37. The quantitative estimate of drug-likeness (QED) is 0.782. The van der Waals surface area contributed by atoms with E-state index in [4.69, 9.17) is 10.5 Å². The van der Waals surface area contributed by atoms with Crippen LogP contribution in [0, 0.1) is 0 Å². The Morgan fingerprint density at radius 1 is 1.05 bits per heavy atom. The SMILES string of the molecule is Nc1ccnc(Oc2ccc3ccccc3c2Br)n1. The van der Waals surface area contributed by atoms with E-state index < -0.39 is 0 Å². The first kappa shape index (κ1) is 11.9. The third kappa shape index (κ3) is 2.37. The normalized spacial score (nSPS) is 10.6. The molecular formula is C14H10BrN3O. The number of nitrogen functional groups attached to an aromatic ring is 1. The number of rotatable bonds is 2. The summed E-state index contributed by atoms with van der Waals surface area (Å²) < 4.78 is 6.52. The minimum Gasteiger partial charge on any atom is -0.423 e. The fourth-order valence-electron chi connectivity index (χ4n) is 1.79. The topological polar surface area (TPSA) is 61.0 Å². The molecule has 0 saturated heterocycles. The average Bonchev–Trinajstić information content (AvgIpc) is 2.42. The maximum absolute atomic E-state index is 5.65. The van der Waals surface area contributed by atoms with Crippen LogP contribution in [0.3, 0.4) is 0 Å². The largest absolute Gasteiger partial charge is 0.423 e. The first-order valence-corrected chi connectivity index (χ1v) is 6.47. The molecule has 0 saturated carbocycles. The maximum atomic E-state index is 5.65. The molecule has 1 heterocycles. The molecule has 0 bridgehead atoms. The van der Waals surface area contributed by atoms with Crippen LogP contribution in [0.15, 0.2) is 53.1 Å². The molecule has 3 aromatic rings. The van der Waals surface area contributed by atoms with Crippen molar-refractivity contribution in [2.45, 2.75) is 0 Å². The van der Waals surface area contributed by atoms with Gasteiger partial charge in [0.1, 0.15) is 11.6 Å². The van der Waals surface area contributed by atoms with Crippen LogP contribution in [0.25, 0.3) is 10.8 Å². The summed E-state index contributed by atoms with van der Waals surface area (Å²) in [6, 6.07) is 13.7. The van der Waals surface area contributed by atoms with Crippen molar-refractivity contribution in [3.05, 3.63) is 53.1 Å². The highest BCUT2D eigenvalue weighted by Gasteiger charge is 2.08. The highest BCUT2D eigenvalue weighted by atomic mass is 79.9. The smallest absolute Gasteiger partial charge is 0.323 e. The zero-order valence-corrected chi connectivity index (χ0v) is 11.5. The van der Waals surface area contributed by atoms with Crippen molar-refractivity contribution in [1.29, 1.82) is 0 Å². The molecule has 0 unspecified atom stereocenters. The number of nitrogens with two attached hydrogens (primary N) is 1. The van der Waals surface area contributed by atoms with E-state index in [9.17, 15) is 0 Å². The van der Waals surface area contributed by atoms with Crippen LogP contribution in [0.5, 0.6) is 11.8 Å². The van der Waals surface area contributed by atoms with Crippen molar-refractivity contribution < 1.29 is 4.74 Å². The molecule has 3 rings (SSSR count). The third-order valence-electron chi connectivity index (χ3n) is 2.68. The zero-order valence-electron chi connectivity index (χ0n) is 9.88. The second-order valence-electron chi connectivity index (χ2n) is 3.96. The first-order valence-electron chi connectivity index (χ1n) is 5.67. The number of hydrogen-bond donors (Lipinski definition) is 1. The van der Waals surface area contributed by atoms with E-state index >= 15 is 0 Å². The molecule has 0 aliphatic rings. The lowest BCUT2D eigenvalue weighted by atomic mass is 10.1. The zero-order chi connectivity index (χ0) is 13.2. The molecule has 2 N–H and O–H groups in total. The van der Waals surface area contributed by atoms with E-state index in [1.807, 2.05) is 36.4 Å². The number of hydrogen-bond acceptors (Lipinski definition) is 4. The second kappa shape index (κ2) is 4.85. The molecule has 0 atom stereocenters. The van der Waals surface area contributed by atoms with Crippen molar-refractivity contribution in [3.63, 3.8) is 0 Å². The van der Waals surface area contributed by atoms with E-state index in [-0.39, 0.29) is 6.01 Å². The number of halogens is 1. The predicted molar refractivity (Wildman–Crippen MR) is 78.2 cm³/mol. The van der Waals surface area contributed by atoms with Crippen LogP contribution in [0.2, 0.25) is 0 Å². The molecule has 1 aromatic heterocycles. The molecule has 0 aliphatic carbocycles. The van der Waals surface area contributed by atoms with Crippen molar-refractivity contribution in [2.75, 3.05) is 5.73 Å². The van der Waals surface area contributed by atoms with Gasteiger partial charge in [0.25, 0.3) is 0 Å². The van der Waals surface area contributed by atoms with Crippen LogP contribution < -0.4 is 10.5 Å². The van der Waals surface area contributed by atoms with Crippen molar-refractivity contribution in [3.8, 4) is 11.8 Å². The van der Waals surface area contributed by atoms with Gasteiger partial charge in [-0.3, -0.25) is 0 Å². The number of nitrogens with zero attached hydrogens (tertiary/aromatic N) is 2. The molecule has 19 heavy (non-hydrogen) atoms. The van der Waals surface area contributed by atoms with E-state index in [1.54, 1.807) is 12.3 Å². The molecule has 0 spiro atoms. The van der Waals surface area contributed by atoms with E-state index in [0.29, 0.717) is 11.6 Å². The van der Waals surface area contributed by atoms with Crippen molar-refractivity contribution in [1.82, 2.24) is 9.97 Å². The van der Waals surface area contributed by atoms with Gasteiger partial charge in [0, 0.05) is 6.20 Å². The Labute approximate surface area is 118 Å². The lowest BCUT2D eigenvalue weighted by Gasteiger charge is -2.08. The Kier molecular flexibility index (Phi) is 3.05. The van der Waals surface area contributed by atoms with Crippen LogP contribution in [0.4, 0.5) is 5.82 Å². The molecule has 94 valence electrons. The number of anilines is 1. The molecule has 5 heteroatoms. The van der Waals surface area contributed by atoms with Gasteiger partial charge in [-0.05, 0) is 38.8 Å².